The lowest BCUT2D eigenvalue weighted by atomic mass is 10.1. The van der Waals surface area contributed by atoms with E-state index in [1.807, 2.05) is 0 Å². The molecule has 0 aromatic heterocycles. The van der Waals surface area contributed by atoms with E-state index in [2.05, 4.69) is 17.7 Å². The second-order valence-electron chi connectivity index (χ2n) is 4.06. The lowest BCUT2D eigenvalue weighted by molar-refractivity contribution is 0.0913. The number of nitrogens with one attached hydrogen (secondary N) is 2. The molecule has 106 valence electrons. The highest BCUT2D eigenvalue weighted by Gasteiger charge is 2.10. The van der Waals surface area contributed by atoms with Gasteiger partial charge in [0.05, 0.1) is 17.9 Å². The van der Waals surface area contributed by atoms with E-state index in [0.717, 1.165) is 19.4 Å². The molecule has 6 heteroatoms. The maximum atomic E-state index is 11.9. The summed E-state index contributed by atoms with van der Waals surface area (Å²) in [6.07, 6.45) is 2.13. The molecule has 5 nitrogen and oxygen atoms in total. The zero-order valence-corrected chi connectivity index (χ0v) is 11.8. The van der Waals surface area contributed by atoms with Crippen molar-refractivity contribution in [2.24, 2.45) is 5.84 Å². The summed E-state index contributed by atoms with van der Waals surface area (Å²) in [7, 11) is 0. The largest absolute Gasteiger partial charge is 0.380 e. The van der Waals surface area contributed by atoms with E-state index >= 15 is 0 Å². The fourth-order valence-corrected chi connectivity index (χ4v) is 1.68. The van der Waals surface area contributed by atoms with Crippen LogP contribution in [0.3, 0.4) is 0 Å². The van der Waals surface area contributed by atoms with E-state index in [1.54, 1.807) is 18.2 Å². The van der Waals surface area contributed by atoms with E-state index in [4.69, 9.17) is 22.2 Å². The van der Waals surface area contributed by atoms with Crippen LogP contribution in [0, 0.1) is 0 Å². The van der Waals surface area contributed by atoms with Gasteiger partial charge in [-0.3, -0.25) is 10.6 Å². The Morgan fingerprint density at radius 1 is 1.42 bits per heavy atom. The number of unbranched alkanes of at least 4 members (excludes halogenated alkanes) is 1. The smallest absolute Gasteiger partial charge is 0.253 e. The van der Waals surface area contributed by atoms with Crippen molar-refractivity contribution in [1.82, 2.24) is 5.32 Å². The molecular formula is C13H20ClN3O2. The summed E-state index contributed by atoms with van der Waals surface area (Å²) in [4.78, 5) is 11.9. The highest BCUT2D eigenvalue weighted by molar-refractivity contribution is 6.31. The number of anilines is 1. The van der Waals surface area contributed by atoms with Crippen LogP contribution in [0.2, 0.25) is 5.02 Å². The van der Waals surface area contributed by atoms with Crippen LogP contribution in [0.25, 0.3) is 0 Å². The third-order valence-electron chi connectivity index (χ3n) is 2.56. The molecule has 0 fully saturated rings. The average molecular weight is 286 g/mol. The number of benzene rings is 1. The Morgan fingerprint density at radius 3 is 2.89 bits per heavy atom. The van der Waals surface area contributed by atoms with Crippen molar-refractivity contribution in [3.8, 4) is 0 Å². The molecule has 4 N–H and O–H groups in total. The van der Waals surface area contributed by atoms with Crippen LogP contribution >= 0.6 is 11.6 Å². The maximum absolute atomic E-state index is 11.9. The second-order valence-corrected chi connectivity index (χ2v) is 4.49. The average Bonchev–Trinajstić information content (AvgIpc) is 2.42. The second kappa shape index (κ2) is 8.74. The predicted molar refractivity (Wildman–Crippen MR) is 77.3 cm³/mol. The lowest BCUT2D eigenvalue weighted by Gasteiger charge is -2.10. The van der Waals surface area contributed by atoms with Gasteiger partial charge in [0.25, 0.3) is 5.91 Å². The van der Waals surface area contributed by atoms with Crippen molar-refractivity contribution in [3.63, 3.8) is 0 Å². The number of nitrogen functional groups attached to an aromatic ring is 1. The first-order chi connectivity index (χ1) is 9.19. The van der Waals surface area contributed by atoms with Gasteiger partial charge in [-0.1, -0.05) is 24.9 Å². The van der Waals surface area contributed by atoms with Gasteiger partial charge >= 0.3 is 0 Å². The van der Waals surface area contributed by atoms with Gasteiger partial charge in [-0.15, -0.1) is 0 Å². The molecule has 1 rings (SSSR count). The van der Waals surface area contributed by atoms with Gasteiger partial charge < -0.3 is 15.5 Å². The SMILES string of the molecule is CCCCOCCNC(=O)c1cc(Cl)ccc1NN. The molecule has 0 saturated carbocycles. The van der Waals surface area contributed by atoms with E-state index in [0.29, 0.717) is 29.4 Å². The molecule has 0 bridgehead atoms. The first-order valence-electron chi connectivity index (χ1n) is 6.31. The summed E-state index contributed by atoms with van der Waals surface area (Å²) < 4.78 is 5.36. The maximum Gasteiger partial charge on any atom is 0.253 e. The first-order valence-corrected chi connectivity index (χ1v) is 6.69. The summed E-state index contributed by atoms with van der Waals surface area (Å²) in [5.41, 5.74) is 3.43. The van der Waals surface area contributed by atoms with E-state index in [-0.39, 0.29) is 5.91 Å². The van der Waals surface area contributed by atoms with Gasteiger partial charge in [0, 0.05) is 18.2 Å². The van der Waals surface area contributed by atoms with Gasteiger partial charge in [0.2, 0.25) is 0 Å². The molecule has 0 atom stereocenters. The van der Waals surface area contributed by atoms with Gasteiger partial charge in [0.15, 0.2) is 0 Å². The first kappa shape index (κ1) is 15.8. The topological polar surface area (TPSA) is 76.4 Å². The molecule has 0 unspecified atom stereocenters. The number of ether oxygens (including phenoxy) is 1. The number of nitrogens with two attached hydrogens (primary N) is 1. The molecule has 19 heavy (non-hydrogen) atoms. The van der Waals surface area contributed by atoms with Crippen LogP contribution in [-0.2, 0) is 4.74 Å². The molecule has 0 radical (unpaired) electrons. The summed E-state index contributed by atoms with van der Waals surface area (Å²) in [6, 6.07) is 4.90. The fraction of sp³-hybridized carbons (Fsp3) is 0.462. The zero-order valence-electron chi connectivity index (χ0n) is 11.0. The predicted octanol–water partition coefficient (Wildman–Crippen LogP) is 2.17. The minimum atomic E-state index is -0.227. The summed E-state index contributed by atoms with van der Waals surface area (Å²) in [5, 5.41) is 3.25. The Balaban J connectivity index is 2.43. The van der Waals surface area contributed by atoms with Gasteiger partial charge in [-0.05, 0) is 24.6 Å². The molecular weight excluding hydrogens is 266 g/mol. The Morgan fingerprint density at radius 2 is 2.21 bits per heavy atom. The number of amides is 1. The summed E-state index contributed by atoms with van der Waals surface area (Å²) in [5.74, 6) is 5.12. The van der Waals surface area contributed by atoms with Crippen molar-refractivity contribution < 1.29 is 9.53 Å². The molecule has 0 saturated heterocycles. The number of carbonyl (C=O) groups excluding carboxylic acids is 1. The van der Waals surface area contributed by atoms with Crippen molar-refractivity contribution >= 4 is 23.2 Å². The zero-order chi connectivity index (χ0) is 14.1. The Labute approximate surface area is 118 Å². The van der Waals surface area contributed by atoms with E-state index in [1.165, 1.54) is 0 Å². The van der Waals surface area contributed by atoms with Crippen molar-refractivity contribution in [1.29, 1.82) is 0 Å². The third kappa shape index (κ3) is 5.46. The molecule has 0 aliphatic heterocycles. The van der Waals surface area contributed by atoms with Crippen molar-refractivity contribution in [2.45, 2.75) is 19.8 Å². The molecule has 0 aliphatic rings. The number of hydrazine groups is 1. The normalized spacial score (nSPS) is 10.3. The Bertz CT molecular complexity index is 413. The number of halogens is 1. The fourth-order valence-electron chi connectivity index (χ4n) is 1.51. The summed E-state index contributed by atoms with van der Waals surface area (Å²) >= 11 is 5.86. The van der Waals surface area contributed by atoms with Crippen LogP contribution in [0.5, 0.6) is 0 Å². The molecule has 1 aromatic carbocycles. The van der Waals surface area contributed by atoms with Crippen LogP contribution in [0.15, 0.2) is 18.2 Å². The number of carbonyl (C=O) groups is 1. The standard InChI is InChI=1S/C13H20ClN3O2/c1-2-3-7-19-8-6-16-13(18)11-9-10(14)4-5-12(11)17-15/h4-5,9,17H,2-3,6-8,15H2,1H3,(H,16,18). The highest BCUT2D eigenvalue weighted by atomic mass is 35.5. The molecule has 1 amide bonds. The third-order valence-corrected chi connectivity index (χ3v) is 2.79. The van der Waals surface area contributed by atoms with Gasteiger partial charge in [0.1, 0.15) is 0 Å². The highest BCUT2D eigenvalue weighted by Crippen LogP contribution is 2.19. The molecule has 1 aromatic rings. The van der Waals surface area contributed by atoms with Gasteiger partial charge in [-0.2, -0.15) is 0 Å². The van der Waals surface area contributed by atoms with Gasteiger partial charge in [-0.25, -0.2) is 0 Å². The van der Waals surface area contributed by atoms with Crippen LogP contribution in [0.1, 0.15) is 30.1 Å². The van der Waals surface area contributed by atoms with Crippen molar-refractivity contribution in [3.05, 3.63) is 28.8 Å². The van der Waals surface area contributed by atoms with E-state index in [9.17, 15) is 4.79 Å². The minimum absolute atomic E-state index is 0.227. The number of hydrogen-bond donors (Lipinski definition) is 3. The monoisotopic (exact) mass is 285 g/mol. The van der Waals surface area contributed by atoms with Crippen LogP contribution < -0.4 is 16.6 Å². The van der Waals surface area contributed by atoms with Crippen LogP contribution in [0.4, 0.5) is 5.69 Å². The quantitative estimate of drug-likeness (QED) is 0.389. The molecule has 0 aliphatic carbocycles. The van der Waals surface area contributed by atoms with Crippen LogP contribution in [-0.4, -0.2) is 25.7 Å². The van der Waals surface area contributed by atoms with E-state index < -0.39 is 0 Å². The van der Waals surface area contributed by atoms with Crippen molar-refractivity contribution in [2.75, 3.05) is 25.2 Å². The number of hydrogen-bond acceptors (Lipinski definition) is 4. The molecule has 0 spiro atoms. The summed E-state index contributed by atoms with van der Waals surface area (Å²) in [6.45, 7) is 3.78. The molecule has 0 heterocycles. The Kier molecular flexibility index (Phi) is 7.25. The minimum Gasteiger partial charge on any atom is -0.380 e. The number of rotatable bonds is 8. The Hall–Kier alpha value is -1.30. The lowest BCUT2D eigenvalue weighted by Crippen LogP contribution is -2.28.